The van der Waals surface area contributed by atoms with Gasteiger partial charge in [0.15, 0.2) is 5.82 Å². The van der Waals surface area contributed by atoms with Gasteiger partial charge in [-0.15, -0.1) is 0 Å². The summed E-state index contributed by atoms with van der Waals surface area (Å²) in [5, 5.41) is 14.5. The number of nitrogens with zero attached hydrogens (tertiary/aromatic N) is 3. The summed E-state index contributed by atoms with van der Waals surface area (Å²) in [7, 11) is -3.49. The van der Waals surface area contributed by atoms with Crippen LogP contribution in [0.25, 0.3) is 11.4 Å². The van der Waals surface area contributed by atoms with Crippen LogP contribution < -0.4 is 4.72 Å². The fraction of sp³-hybridized carbons (Fsp3) is 0.176. The number of hydrogen-bond acceptors (Lipinski definition) is 6. The van der Waals surface area contributed by atoms with Crippen LogP contribution in [-0.2, 0) is 27.1 Å². The second-order valence-corrected chi connectivity index (χ2v) is 8.09. The summed E-state index contributed by atoms with van der Waals surface area (Å²) in [4.78, 5) is 17.1. The summed E-state index contributed by atoms with van der Waals surface area (Å²) >= 11 is 5.79. The van der Waals surface area contributed by atoms with E-state index in [2.05, 4.69) is 24.9 Å². The molecule has 2 aromatic heterocycles. The summed E-state index contributed by atoms with van der Waals surface area (Å²) < 4.78 is 58.5. The Labute approximate surface area is 179 Å². The van der Waals surface area contributed by atoms with Crippen molar-refractivity contribution in [3.63, 3.8) is 0 Å². The molecule has 0 unspecified atom stereocenters. The number of H-pyrrole nitrogens is 1. The predicted octanol–water partition coefficient (Wildman–Crippen LogP) is 2.77. The number of carboxylic acids is 1. The van der Waals surface area contributed by atoms with Gasteiger partial charge in [-0.2, -0.15) is 18.3 Å². The van der Waals surface area contributed by atoms with Crippen molar-refractivity contribution in [2.75, 3.05) is 0 Å². The molecule has 0 radical (unpaired) electrons. The van der Waals surface area contributed by atoms with Crippen LogP contribution in [0.15, 0.2) is 48.8 Å². The highest BCUT2D eigenvalue weighted by Crippen LogP contribution is 2.14. The first kappa shape index (κ1) is 24.2. The average Bonchev–Trinajstić information content (AvgIpc) is 3.18. The maximum absolute atomic E-state index is 12.1. The van der Waals surface area contributed by atoms with E-state index >= 15 is 0 Å². The predicted molar refractivity (Wildman–Crippen MR) is 104 cm³/mol. The standard InChI is InChI=1S/C15H14ClN5O2S.C2HF3O2/c16-13-3-1-11(2-4-13)10-24(22,23)18-9-14-19-15(21-20-14)12-5-7-17-8-6-12;3-2(4,5)1(6)7/h1-8,18H,9-10H2,(H,19,20,21);(H,6,7). The fourth-order valence-electron chi connectivity index (χ4n) is 2.03. The van der Waals surface area contributed by atoms with E-state index in [1.807, 2.05) is 0 Å². The summed E-state index contributed by atoms with van der Waals surface area (Å²) in [5.41, 5.74) is 1.46. The van der Waals surface area contributed by atoms with Gasteiger partial charge < -0.3 is 5.11 Å². The SMILES string of the molecule is O=C(O)C(F)(F)F.O=S(=O)(Cc1ccc(Cl)cc1)NCc1nc(-c2ccncc2)n[nH]1. The zero-order valence-electron chi connectivity index (χ0n) is 15.5. The van der Waals surface area contributed by atoms with E-state index in [0.29, 0.717) is 22.2 Å². The first-order chi connectivity index (χ1) is 14.5. The quantitative estimate of drug-likeness (QED) is 0.496. The van der Waals surface area contributed by atoms with Crippen molar-refractivity contribution < 1.29 is 31.5 Å². The number of sulfonamides is 1. The van der Waals surface area contributed by atoms with Crippen LogP contribution in [0, 0.1) is 0 Å². The number of rotatable bonds is 6. The second-order valence-electron chi connectivity index (χ2n) is 5.85. The van der Waals surface area contributed by atoms with E-state index in [-0.39, 0.29) is 12.3 Å². The molecule has 0 atom stereocenters. The molecule has 0 spiro atoms. The van der Waals surface area contributed by atoms with Gasteiger partial charge in [0.05, 0.1) is 12.3 Å². The smallest absolute Gasteiger partial charge is 0.475 e. The molecule has 0 saturated heterocycles. The molecule has 0 aliphatic heterocycles. The Kier molecular flexibility index (Phi) is 8.08. The molecule has 31 heavy (non-hydrogen) atoms. The van der Waals surface area contributed by atoms with Gasteiger partial charge in [-0.05, 0) is 29.8 Å². The van der Waals surface area contributed by atoms with E-state index in [1.165, 1.54) is 0 Å². The van der Waals surface area contributed by atoms with E-state index in [0.717, 1.165) is 5.56 Å². The number of nitrogens with one attached hydrogen (secondary N) is 2. The van der Waals surface area contributed by atoms with Gasteiger partial charge in [-0.1, -0.05) is 23.7 Å². The molecule has 3 rings (SSSR count). The molecule has 3 N–H and O–H groups in total. The summed E-state index contributed by atoms with van der Waals surface area (Å²) in [6.07, 6.45) is -1.81. The fourth-order valence-corrected chi connectivity index (χ4v) is 3.25. The lowest BCUT2D eigenvalue weighted by Crippen LogP contribution is -2.25. The molecule has 0 aliphatic carbocycles. The second kappa shape index (κ2) is 10.3. The minimum Gasteiger partial charge on any atom is -0.475 e. The Balaban J connectivity index is 0.000000423. The monoisotopic (exact) mass is 477 g/mol. The van der Waals surface area contributed by atoms with Gasteiger partial charge in [-0.3, -0.25) is 10.1 Å². The lowest BCUT2D eigenvalue weighted by atomic mass is 10.2. The van der Waals surface area contributed by atoms with Crippen molar-refractivity contribution in [2.45, 2.75) is 18.5 Å². The summed E-state index contributed by atoms with van der Waals surface area (Å²) in [5.74, 6) is -1.96. The Bertz CT molecular complexity index is 1110. The number of halogens is 4. The maximum Gasteiger partial charge on any atom is 0.490 e. The molecule has 2 heterocycles. The van der Waals surface area contributed by atoms with Crippen LogP contribution in [0.2, 0.25) is 5.02 Å². The topological polar surface area (TPSA) is 138 Å². The van der Waals surface area contributed by atoms with Gasteiger partial charge in [0, 0.05) is 23.0 Å². The number of benzene rings is 1. The number of aromatic amines is 1. The van der Waals surface area contributed by atoms with Crippen molar-refractivity contribution in [3.05, 3.63) is 65.2 Å². The van der Waals surface area contributed by atoms with Gasteiger partial charge in [-0.25, -0.2) is 22.9 Å². The number of aromatic nitrogens is 4. The Morgan fingerprint density at radius 1 is 1.13 bits per heavy atom. The van der Waals surface area contributed by atoms with Crippen molar-refractivity contribution in [2.24, 2.45) is 0 Å². The lowest BCUT2D eigenvalue weighted by molar-refractivity contribution is -0.192. The van der Waals surface area contributed by atoms with Crippen LogP contribution in [-0.4, -0.2) is 45.8 Å². The van der Waals surface area contributed by atoms with E-state index < -0.39 is 22.2 Å². The number of hydrogen-bond donors (Lipinski definition) is 3. The Hall–Kier alpha value is -3.03. The molecule has 0 saturated carbocycles. The van der Waals surface area contributed by atoms with Crippen molar-refractivity contribution >= 4 is 27.6 Å². The Morgan fingerprint density at radius 3 is 2.26 bits per heavy atom. The molecule has 0 bridgehead atoms. The van der Waals surface area contributed by atoms with E-state index in [4.69, 9.17) is 21.5 Å². The van der Waals surface area contributed by atoms with Gasteiger partial charge in [0.2, 0.25) is 10.0 Å². The van der Waals surface area contributed by atoms with Gasteiger partial charge in [0.25, 0.3) is 0 Å². The van der Waals surface area contributed by atoms with Crippen molar-refractivity contribution in [3.8, 4) is 11.4 Å². The molecule has 166 valence electrons. The molecular weight excluding hydrogens is 463 g/mol. The van der Waals surface area contributed by atoms with Gasteiger partial charge in [0.1, 0.15) is 5.82 Å². The third kappa shape index (κ3) is 8.32. The van der Waals surface area contributed by atoms with Crippen molar-refractivity contribution in [1.29, 1.82) is 0 Å². The third-order valence-electron chi connectivity index (χ3n) is 3.44. The third-order valence-corrected chi connectivity index (χ3v) is 4.99. The summed E-state index contributed by atoms with van der Waals surface area (Å²) in [6, 6.07) is 10.2. The summed E-state index contributed by atoms with van der Waals surface area (Å²) in [6.45, 7) is 0.0357. The molecule has 0 amide bonds. The number of carbonyl (C=O) groups is 1. The zero-order valence-corrected chi connectivity index (χ0v) is 17.0. The van der Waals surface area contributed by atoms with Crippen LogP contribution in [0.4, 0.5) is 13.2 Å². The zero-order chi connectivity index (χ0) is 23.1. The molecule has 0 aliphatic rings. The Morgan fingerprint density at radius 2 is 1.71 bits per heavy atom. The van der Waals surface area contributed by atoms with Crippen LogP contribution in [0.3, 0.4) is 0 Å². The minimum atomic E-state index is -5.08. The number of pyridine rings is 1. The van der Waals surface area contributed by atoms with Crippen LogP contribution in [0.5, 0.6) is 0 Å². The van der Waals surface area contributed by atoms with E-state index in [1.54, 1.807) is 48.8 Å². The number of aliphatic carboxylic acids is 1. The van der Waals surface area contributed by atoms with E-state index in [9.17, 15) is 21.6 Å². The highest BCUT2D eigenvalue weighted by molar-refractivity contribution is 7.88. The average molecular weight is 478 g/mol. The molecule has 1 aromatic carbocycles. The molecule has 3 aromatic rings. The highest BCUT2D eigenvalue weighted by atomic mass is 35.5. The minimum absolute atomic E-state index is 0.0357. The first-order valence-electron chi connectivity index (χ1n) is 8.30. The lowest BCUT2D eigenvalue weighted by Gasteiger charge is -2.05. The number of carboxylic acid groups (broad SMARTS) is 1. The van der Waals surface area contributed by atoms with Gasteiger partial charge >= 0.3 is 12.1 Å². The molecule has 9 nitrogen and oxygen atoms in total. The number of alkyl halides is 3. The molecular formula is C17H15ClF3N5O4S. The highest BCUT2D eigenvalue weighted by Gasteiger charge is 2.38. The first-order valence-corrected chi connectivity index (χ1v) is 10.3. The maximum atomic E-state index is 12.1. The normalized spacial score (nSPS) is 11.5. The van der Waals surface area contributed by atoms with Crippen molar-refractivity contribution in [1.82, 2.24) is 24.9 Å². The molecule has 14 heteroatoms. The molecule has 0 fully saturated rings. The van der Waals surface area contributed by atoms with Crippen LogP contribution >= 0.6 is 11.6 Å². The van der Waals surface area contributed by atoms with Crippen LogP contribution in [0.1, 0.15) is 11.4 Å². The largest absolute Gasteiger partial charge is 0.490 e.